The molecule has 0 bridgehead atoms. The van der Waals surface area contributed by atoms with Crippen molar-refractivity contribution in [3.63, 3.8) is 0 Å². The minimum atomic E-state index is -0.940. The lowest BCUT2D eigenvalue weighted by Gasteiger charge is -2.04. The van der Waals surface area contributed by atoms with Crippen LogP contribution in [-0.2, 0) is 4.79 Å². The van der Waals surface area contributed by atoms with Crippen LogP contribution in [0.2, 0.25) is 0 Å². The minimum Gasteiger partial charge on any atom is -0.481 e. The van der Waals surface area contributed by atoms with Gasteiger partial charge in [-0.1, -0.05) is 0 Å². The summed E-state index contributed by atoms with van der Waals surface area (Å²) < 4.78 is 0. The summed E-state index contributed by atoms with van der Waals surface area (Å²) in [6.07, 6.45) is 1.30. The summed E-state index contributed by atoms with van der Waals surface area (Å²) in [4.78, 5) is 19.8. The van der Waals surface area contributed by atoms with E-state index in [9.17, 15) is 14.9 Å². The third-order valence-electron chi connectivity index (χ3n) is 1.95. The quantitative estimate of drug-likeness (QED) is 0.479. The lowest BCUT2D eigenvalue weighted by atomic mass is 10.0. The molecule has 5 heteroatoms. The molecule has 1 aliphatic rings. The van der Waals surface area contributed by atoms with Crippen LogP contribution in [-0.4, -0.2) is 22.5 Å². The number of hydrogen-bond donors (Lipinski definition) is 1. The summed E-state index contributed by atoms with van der Waals surface area (Å²) in [5, 5.41) is 18.4. The monoisotopic (exact) mass is 159 g/mol. The molecule has 62 valence electrons. The van der Waals surface area contributed by atoms with E-state index in [1.54, 1.807) is 0 Å². The zero-order valence-electron chi connectivity index (χ0n) is 5.95. The number of carbonyl (C=O) groups is 1. The van der Waals surface area contributed by atoms with Gasteiger partial charge in [-0.3, -0.25) is 14.9 Å². The van der Waals surface area contributed by atoms with Crippen LogP contribution in [0.3, 0.4) is 0 Å². The first-order valence-electron chi connectivity index (χ1n) is 3.38. The average molecular weight is 159 g/mol. The number of hydrogen-bond acceptors (Lipinski definition) is 3. The summed E-state index contributed by atoms with van der Waals surface area (Å²) in [5.41, 5.74) is -0.505. The molecule has 0 unspecified atom stereocenters. The molecule has 1 fully saturated rings. The highest BCUT2D eigenvalue weighted by molar-refractivity contribution is 5.68. The molecule has 1 rings (SSSR count). The molecule has 0 amide bonds. The Morgan fingerprint density at radius 1 is 1.64 bits per heavy atom. The van der Waals surface area contributed by atoms with Gasteiger partial charge in [0.15, 0.2) is 0 Å². The van der Waals surface area contributed by atoms with E-state index in [1.807, 2.05) is 0 Å². The highest BCUT2D eigenvalue weighted by Crippen LogP contribution is 2.48. The van der Waals surface area contributed by atoms with E-state index in [2.05, 4.69) is 0 Å². The SMILES string of the molecule is O=C(O)CC1(C[N+](=O)[O-])CC1. The average Bonchev–Trinajstić information content (AvgIpc) is 2.43. The van der Waals surface area contributed by atoms with Crippen molar-refractivity contribution in [2.45, 2.75) is 19.3 Å². The molecule has 0 saturated heterocycles. The van der Waals surface area contributed by atoms with Crippen molar-refractivity contribution in [2.75, 3.05) is 6.54 Å². The molecule has 1 N–H and O–H groups in total. The standard InChI is InChI=1S/C6H9NO4/c8-5(9)3-6(1-2-6)4-7(10)11/h1-4H2,(H,8,9). The van der Waals surface area contributed by atoms with Gasteiger partial charge in [-0.05, 0) is 12.8 Å². The fourth-order valence-corrected chi connectivity index (χ4v) is 1.16. The Kier molecular flexibility index (Phi) is 1.80. The van der Waals surface area contributed by atoms with E-state index >= 15 is 0 Å². The van der Waals surface area contributed by atoms with Gasteiger partial charge < -0.3 is 5.11 Å². The minimum absolute atomic E-state index is 0.0615. The maximum absolute atomic E-state index is 10.2. The van der Waals surface area contributed by atoms with Gasteiger partial charge in [0.05, 0.1) is 6.42 Å². The summed E-state index contributed by atoms with van der Waals surface area (Å²) >= 11 is 0. The second-order valence-corrected chi connectivity index (χ2v) is 3.06. The number of nitrogens with zero attached hydrogens (tertiary/aromatic N) is 1. The van der Waals surface area contributed by atoms with Crippen LogP contribution >= 0.6 is 0 Å². The van der Waals surface area contributed by atoms with Crippen molar-refractivity contribution < 1.29 is 14.8 Å². The van der Waals surface area contributed by atoms with E-state index < -0.39 is 16.3 Å². The smallest absolute Gasteiger partial charge is 0.304 e. The second kappa shape index (κ2) is 2.48. The number of rotatable bonds is 4. The Labute approximate surface area is 63.2 Å². The van der Waals surface area contributed by atoms with Crippen LogP contribution in [0.5, 0.6) is 0 Å². The van der Waals surface area contributed by atoms with Crippen molar-refractivity contribution >= 4 is 5.97 Å². The third kappa shape index (κ3) is 2.18. The van der Waals surface area contributed by atoms with Gasteiger partial charge in [0.25, 0.3) is 0 Å². The molecule has 0 spiro atoms. The molecule has 1 aliphatic carbocycles. The predicted molar refractivity (Wildman–Crippen MR) is 35.8 cm³/mol. The number of aliphatic carboxylic acids is 1. The highest BCUT2D eigenvalue weighted by Gasteiger charge is 2.49. The zero-order valence-corrected chi connectivity index (χ0v) is 5.95. The van der Waals surface area contributed by atoms with E-state index in [1.165, 1.54) is 0 Å². The number of nitro groups is 1. The molecule has 11 heavy (non-hydrogen) atoms. The molecule has 0 aromatic heterocycles. The molecule has 0 radical (unpaired) electrons. The largest absolute Gasteiger partial charge is 0.481 e. The first-order valence-corrected chi connectivity index (χ1v) is 3.38. The lowest BCUT2D eigenvalue weighted by Crippen LogP contribution is -2.18. The van der Waals surface area contributed by atoms with E-state index in [-0.39, 0.29) is 13.0 Å². The lowest BCUT2D eigenvalue weighted by molar-refractivity contribution is -0.491. The Balaban J connectivity index is 2.41. The van der Waals surface area contributed by atoms with Gasteiger partial charge in [0.2, 0.25) is 6.54 Å². The van der Waals surface area contributed by atoms with Gasteiger partial charge in [-0.2, -0.15) is 0 Å². The zero-order chi connectivity index (χ0) is 8.48. The molecule has 0 atom stereocenters. The van der Waals surface area contributed by atoms with Crippen molar-refractivity contribution in [1.82, 2.24) is 0 Å². The number of carboxylic acid groups (broad SMARTS) is 1. The maximum Gasteiger partial charge on any atom is 0.304 e. The number of carboxylic acids is 1. The summed E-state index contributed by atoms with van der Waals surface area (Å²) in [7, 11) is 0. The maximum atomic E-state index is 10.2. The van der Waals surface area contributed by atoms with Crippen LogP contribution in [0.1, 0.15) is 19.3 Å². The first-order chi connectivity index (χ1) is 5.04. The fourth-order valence-electron chi connectivity index (χ4n) is 1.16. The van der Waals surface area contributed by atoms with Crippen LogP contribution in [0.4, 0.5) is 0 Å². The van der Waals surface area contributed by atoms with E-state index in [4.69, 9.17) is 5.11 Å². The summed E-state index contributed by atoms with van der Waals surface area (Å²) in [6.45, 7) is -0.195. The Morgan fingerprint density at radius 3 is 2.45 bits per heavy atom. The molecule has 5 nitrogen and oxygen atoms in total. The van der Waals surface area contributed by atoms with Crippen molar-refractivity contribution in [2.24, 2.45) is 5.41 Å². The Morgan fingerprint density at radius 2 is 2.18 bits per heavy atom. The molecular formula is C6H9NO4. The van der Waals surface area contributed by atoms with Crippen molar-refractivity contribution in [3.05, 3.63) is 10.1 Å². The summed E-state index contributed by atoms with van der Waals surface area (Å²) in [5.74, 6) is -0.940. The van der Waals surface area contributed by atoms with Gasteiger partial charge in [0, 0.05) is 10.3 Å². The van der Waals surface area contributed by atoms with Crippen LogP contribution in [0, 0.1) is 15.5 Å². The van der Waals surface area contributed by atoms with Gasteiger partial charge >= 0.3 is 5.97 Å². The fraction of sp³-hybridized carbons (Fsp3) is 0.833. The van der Waals surface area contributed by atoms with Crippen LogP contribution in [0.25, 0.3) is 0 Å². The van der Waals surface area contributed by atoms with Gasteiger partial charge in [-0.15, -0.1) is 0 Å². The molecule has 0 aliphatic heterocycles. The third-order valence-corrected chi connectivity index (χ3v) is 1.95. The van der Waals surface area contributed by atoms with Gasteiger partial charge in [0.1, 0.15) is 0 Å². The van der Waals surface area contributed by atoms with Crippen LogP contribution < -0.4 is 0 Å². The molecule has 0 aromatic carbocycles. The topological polar surface area (TPSA) is 80.4 Å². The second-order valence-electron chi connectivity index (χ2n) is 3.06. The van der Waals surface area contributed by atoms with Crippen molar-refractivity contribution in [1.29, 1.82) is 0 Å². The molecule has 1 saturated carbocycles. The normalized spacial score (nSPS) is 19.3. The molecule has 0 aromatic rings. The predicted octanol–water partition coefficient (Wildman–Crippen LogP) is 0.518. The molecular weight excluding hydrogens is 150 g/mol. The van der Waals surface area contributed by atoms with E-state index in [0.717, 1.165) is 0 Å². The Hall–Kier alpha value is -1.13. The first kappa shape index (κ1) is 7.97. The highest BCUT2D eigenvalue weighted by atomic mass is 16.6. The summed E-state index contributed by atoms with van der Waals surface area (Å²) in [6, 6.07) is 0. The Bertz CT molecular complexity index is 179. The van der Waals surface area contributed by atoms with Crippen LogP contribution in [0.15, 0.2) is 0 Å². The van der Waals surface area contributed by atoms with E-state index in [0.29, 0.717) is 12.8 Å². The van der Waals surface area contributed by atoms with Gasteiger partial charge in [-0.25, -0.2) is 0 Å². The van der Waals surface area contributed by atoms with Crippen molar-refractivity contribution in [3.8, 4) is 0 Å². The molecule has 0 heterocycles.